The second-order valence-corrected chi connectivity index (χ2v) is 3.43. The summed E-state index contributed by atoms with van der Waals surface area (Å²) in [7, 11) is 0. The van der Waals surface area contributed by atoms with E-state index in [2.05, 4.69) is 11.4 Å². The summed E-state index contributed by atoms with van der Waals surface area (Å²) in [6, 6.07) is 1.86. The molecule has 15 heavy (non-hydrogen) atoms. The molecule has 5 nitrogen and oxygen atoms in total. The third-order valence-electron chi connectivity index (χ3n) is 2.40. The third-order valence-corrected chi connectivity index (χ3v) is 2.40. The molecule has 0 aromatic rings. The summed E-state index contributed by atoms with van der Waals surface area (Å²) in [6.07, 6.45) is 0.454. The number of likely N-dealkylation sites (N-methyl/N-ethyl adjacent to an activating group) is 1. The predicted molar refractivity (Wildman–Crippen MR) is 55.1 cm³/mol. The molecule has 1 N–H and O–H groups in total. The van der Waals surface area contributed by atoms with E-state index in [4.69, 9.17) is 10.00 Å². The Morgan fingerprint density at radius 3 is 3.20 bits per heavy atom. The first-order valence-electron chi connectivity index (χ1n) is 5.26. The molecule has 0 aromatic carbocycles. The summed E-state index contributed by atoms with van der Waals surface area (Å²) in [4.78, 5) is 13.7. The highest BCUT2D eigenvalue weighted by Crippen LogP contribution is 2.07. The average molecular weight is 211 g/mol. The Bertz CT molecular complexity index is 250. The molecular weight excluding hydrogens is 194 g/mol. The van der Waals surface area contributed by atoms with Crippen LogP contribution < -0.4 is 5.32 Å². The molecule has 1 saturated heterocycles. The number of rotatable bonds is 4. The summed E-state index contributed by atoms with van der Waals surface area (Å²) < 4.78 is 5.27. The maximum atomic E-state index is 11.7. The number of nitrogens with one attached hydrogen (secondary N) is 1. The first-order chi connectivity index (χ1) is 7.29. The van der Waals surface area contributed by atoms with Crippen molar-refractivity contribution < 1.29 is 9.53 Å². The van der Waals surface area contributed by atoms with E-state index >= 15 is 0 Å². The lowest BCUT2D eigenvalue weighted by Crippen LogP contribution is -2.53. The first kappa shape index (κ1) is 12.0. The van der Waals surface area contributed by atoms with Crippen molar-refractivity contribution in [2.45, 2.75) is 19.4 Å². The van der Waals surface area contributed by atoms with Gasteiger partial charge in [-0.05, 0) is 6.92 Å². The molecule has 5 heteroatoms. The quantitative estimate of drug-likeness (QED) is 0.695. The van der Waals surface area contributed by atoms with Crippen molar-refractivity contribution in [3.05, 3.63) is 0 Å². The Balaban J connectivity index is 2.49. The number of hydrogen-bond acceptors (Lipinski definition) is 4. The fraction of sp³-hybridized carbons (Fsp3) is 0.800. The Kier molecular flexibility index (Phi) is 5.08. The van der Waals surface area contributed by atoms with Crippen molar-refractivity contribution in [1.82, 2.24) is 10.2 Å². The molecule has 1 unspecified atom stereocenters. The van der Waals surface area contributed by atoms with Gasteiger partial charge in [-0.2, -0.15) is 5.26 Å². The van der Waals surface area contributed by atoms with Crippen LogP contribution in [0, 0.1) is 11.3 Å². The van der Waals surface area contributed by atoms with Crippen molar-refractivity contribution >= 4 is 5.91 Å². The van der Waals surface area contributed by atoms with Crippen LogP contribution in [-0.2, 0) is 9.53 Å². The summed E-state index contributed by atoms with van der Waals surface area (Å²) >= 11 is 0. The van der Waals surface area contributed by atoms with Crippen molar-refractivity contribution in [3.8, 4) is 6.07 Å². The van der Waals surface area contributed by atoms with E-state index in [1.165, 1.54) is 0 Å². The van der Waals surface area contributed by atoms with Crippen LogP contribution in [-0.4, -0.2) is 49.7 Å². The zero-order valence-corrected chi connectivity index (χ0v) is 9.03. The second kappa shape index (κ2) is 6.38. The molecule has 0 bridgehead atoms. The summed E-state index contributed by atoms with van der Waals surface area (Å²) in [5.41, 5.74) is 0. The Morgan fingerprint density at radius 1 is 1.73 bits per heavy atom. The number of hydrogen-bond donors (Lipinski definition) is 1. The largest absolute Gasteiger partial charge is 0.378 e. The van der Waals surface area contributed by atoms with Gasteiger partial charge in [-0.25, -0.2) is 0 Å². The number of nitriles is 1. The van der Waals surface area contributed by atoms with Crippen LogP contribution in [0.5, 0.6) is 0 Å². The lowest BCUT2D eigenvalue weighted by molar-refractivity contribution is -0.132. The number of ether oxygens (including phenoxy) is 1. The molecule has 0 aromatic heterocycles. The van der Waals surface area contributed by atoms with E-state index in [1.807, 2.05) is 11.8 Å². The zero-order chi connectivity index (χ0) is 11.1. The van der Waals surface area contributed by atoms with Crippen LogP contribution in [0.1, 0.15) is 13.3 Å². The molecule has 1 fully saturated rings. The van der Waals surface area contributed by atoms with E-state index in [0.29, 0.717) is 32.7 Å². The van der Waals surface area contributed by atoms with E-state index in [-0.39, 0.29) is 11.9 Å². The van der Waals surface area contributed by atoms with E-state index in [0.717, 1.165) is 6.54 Å². The van der Waals surface area contributed by atoms with Gasteiger partial charge in [0, 0.05) is 26.1 Å². The van der Waals surface area contributed by atoms with E-state index in [9.17, 15) is 4.79 Å². The van der Waals surface area contributed by atoms with Crippen LogP contribution >= 0.6 is 0 Å². The van der Waals surface area contributed by atoms with Gasteiger partial charge in [-0.1, -0.05) is 0 Å². The number of nitrogens with zero attached hydrogens (tertiary/aromatic N) is 2. The van der Waals surface area contributed by atoms with Gasteiger partial charge in [-0.15, -0.1) is 0 Å². The van der Waals surface area contributed by atoms with E-state index < -0.39 is 0 Å². The molecule has 0 spiro atoms. The van der Waals surface area contributed by atoms with Gasteiger partial charge >= 0.3 is 0 Å². The number of carbonyl (C=O) groups is 1. The predicted octanol–water partition coefficient (Wildman–Crippen LogP) is -0.263. The monoisotopic (exact) mass is 211 g/mol. The van der Waals surface area contributed by atoms with Gasteiger partial charge in [-0.3, -0.25) is 9.69 Å². The smallest absolute Gasteiger partial charge is 0.239 e. The molecule has 84 valence electrons. The lowest BCUT2D eigenvalue weighted by Gasteiger charge is -2.33. The SMILES string of the molecule is CCNC(=O)C1COCCN1CCC#N. The van der Waals surface area contributed by atoms with Crippen LogP contribution in [0.4, 0.5) is 0 Å². The molecule has 1 amide bonds. The van der Waals surface area contributed by atoms with Crippen LogP contribution in [0.3, 0.4) is 0 Å². The first-order valence-corrected chi connectivity index (χ1v) is 5.26. The minimum atomic E-state index is -0.230. The maximum absolute atomic E-state index is 11.7. The maximum Gasteiger partial charge on any atom is 0.239 e. The number of carbonyl (C=O) groups excluding carboxylic acids is 1. The molecule has 0 aliphatic carbocycles. The highest BCUT2D eigenvalue weighted by molar-refractivity contribution is 5.81. The summed E-state index contributed by atoms with van der Waals surface area (Å²) in [6.45, 7) is 4.95. The third kappa shape index (κ3) is 3.50. The van der Waals surface area contributed by atoms with Crippen molar-refractivity contribution in [2.75, 3.05) is 32.8 Å². The summed E-state index contributed by atoms with van der Waals surface area (Å²) in [5, 5.41) is 11.3. The molecule has 1 heterocycles. The van der Waals surface area contributed by atoms with Gasteiger partial charge in [0.25, 0.3) is 0 Å². The van der Waals surface area contributed by atoms with Crippen molar-refractivity contribution in [2.24, 2.45) is 0 Å². The molecular formula is C10H17N3O2. The molecule has 1 aliphatic rings. The lowest BCUT2D eigenvalue weighted by atomic mass is 10.2. The van der Waals surface area contributed by atoms with Gasteiger partial charge in [0.05, 0.1) is 19.3 Å². The minimum absolute atomic E-state index is 0.00450. The Hall–Kier alpha value is -1.12. The highest BCUT2D eigenvalue weighted by Gasteiger charge is 2.28. The van der Waals surface area contributed by atoms with Crippen molar-refractivity contribution in [1.29, 1.82) is 5.26 Å². The molecule has 1 rings (SSSR count). The Labute approximate surface area is 90.0 Å². The average Bonchev–Trinajstić information content (AvgIpc) is 2.27. The molecule has 1 atom stereocenters. The zero-order valence-electron chi connectivity index (χ0n) is 9.03. The highest BCUT2D eigenvalue weighted by atomic mass is 16.5. The number of amides is 1. The minimum Gasteiger partial charge on any atom is -0.378 e. The topological polar surface area (TPSA) is 65.4 Å². The summed E-state index contributed by atoms with van der Waals surface area (Å²) in [5.74, 6) is -0.00450. The van der Waals surface area contributed by atoms with Crippen LogP contribution in [0.25, 0.3) is 0 Å². The fourth-order valence-corrected chi connectivity index (χ4v) is 1.63. The van der Waals surface area contributed by atoms with Gasteiger partial charge in [0.15, 0.2) is 0 Å². The molecule has 1 aliphatic heterocycles. The van der Waals surface area contributed by atoms with Crippen LogP contribution in [0.15, 0.2) is 0 Å². The second-order valence-electron chi connectivity index (χ2n) is 3.43. The van der Waals surface area contributed by atoms with Gasteiger partial charge in [0.2, 0.25) is 5.91 Å². The standard InChI is InChI=1S/C10H17N3O2/c1-2-12-10(14)9-8-15-7-6-13(9)5-3-4-11/h9H,2-3,5-8H2,1H3,(H,12,14). The molecule has 0 saturated carbocycles. The van der Waals surface area contributed by atoms with Gasteiger partial charge < -0.3 is 10.1 Å². The normalized spacial score (nSPS) is 22.0. The fourth-order valence-electron chi connectivity index (χ4n) is 1.63. The van der Waals surface area contributed by atoms with Crippen molar-refractivity contribution in [3.63, 3.8) is 0 Å². The number of morpholine rings is 1. The Morgan fingerprint density at radius 2 is 2.53 bits per heavy atom. The molecule has 0 radical (unpaired) electrons. The van der Waals surface area contributed by atoms with Gasteiger partial charge in [0.1, 0.15) is 6.04 Å². The van der Waals surface area contributed by atoms with E-state index in [1.54, 1.807) is 0 Å². The van der Waals surface area contributed by atoms with Crippen LogP contribution in [0.2, 0.25) is 0 Å².